The van der Waals surface area contributed by atoms with E-state index in [1.165, 1.54) is 262 Å². The van der Waals surface area contributed by atoms with Gasteiger partial charge in [-0.2, -0.15) is 0 Å². The van der Waals surface area contributed by atoms with Crippen LogP contribution in [0.4, 0.5) is 0 Å². The molecule has 136 heavy (non-hydrogen) atoms. The van der Waals surface area contributed by atoms with Gasteiger partial charge < -0.3 is 0 Å². The van der Waals surface area contributed by atoms with Gasteiger partial charge in [0.1, 0.15) is 0 Å². The molecule has 27 rings (SSSR count). The molecular formula is C136H88. The van der Waals surface area contributed by atoms with Crippen LogP contribution in [0.1, 0.15) is 0 Å². The maximum atomic E-state index is 2.37. The van der Waals surface area contributed by atoms with Crippen molar-refractivity contribution in [3.05, 3.63) is 534 Å². The van der Waals surface area contributed by atoms with Crippen LogP contribution in [0.15, 0.2) is 534 Å². The van der Waals surface area contributed by atoms with E-state index in [0.29, 0.717) is 0 Å². The van der Waals surface area contributed by atoms with Crippen LogP contribution in [0.2, 0.25) is 0 Å². The number of benzene rings is 27. The zero-order valence-corrected chi connectivity index (χ0v) is 74.8. The molecule has 0 saturated heterocycles. The van der Waals surface area contributed by atoms with E-state index in [4.69, 9.17) is 0 Å². The predicted molar refractivity (Wildman–Crippen MR) is 587 cm³/mol. The molecule has 0 heterocycles. The summed E-state index contributed by atoms with van der Waals surface area (Å²) in [5.41, 5.74) is 27.5. The fraction of sp³-hybridized carbons (Fsp3) is 0. The molecule has 0 amide bonds. The molecule has 0 heteroatoms. The third-order valence-electron chi connectivity index (χ3n) is 28.0. The maximum absolute atomic E-state index is 2.37. The fourth-order valence-corrected chi connectivity index (χ4v) is 21.9. The molecule has 0 aromatic heterocycles. The number of fused-ring (bicyclic) bond motifs is 13. The molecule has 27 aromatic carbocycles. The zero-order chi connectivity index (χ0) is 89.9. The predicted octanol–water partition coefficient (Wildman–Crippen LogP) is 38.4. The monoisotopic (exact) mass is 1720 g/mol. The summed E-state index contributed by atoms with van der Waals surface area (Å²) in [6.45, 7) is 0. The van der Waals surface area contributed by atoms with Gasteiger partial charge in [0.2, 0.25) is 0 Å². The van der Waals surface area contributed by atoms with Crippen LogP contribution in [0, 0.1) is 0 Å². The molecule has 0 bridgehead atoms. The summed E-state index contributed by atoms with van der Waals surface area (Å²) in [5, 5.41) is 33.1. The molecular weight excluding hydrogens is 1630 g/mol. The summed E-state index contributed by atoms with van der Waals surface area (Å²) in [4.78, 5) is 0. The van der Waals surface area contributed by atoms with Crippen molar-refractivity contribution in [3.63, 3.8) is 0 Å². The molecule has 0 nitrogen and oxygen atoms in total. The van der Waals surface area contributed by atoms with Crippen LogP contribution < -0.4 is 0 Å². The van der Waals surface area contributed by atoms with Crippen molar-refractivity contribution in [2.45, 2.75) is 0 Å². The van der Waals surface area contributed by atoms with Gasteiger partial charge in [-0.3, -0.25) is 0 Å². The molecule has 0 aliphatic heterocycles. The highest BCUT2D eigenvalue weighted by atomic mass is 14.3. The Bertz CT molecular complexity index is 8460. The first-order valence-corrected chi connectivity index (χ1v) is 47.2. The van der Waals surface area contributed by atoms with Crippen LogP contribution in [0.25, 0.3) is 262 Å². The standard InChI is InChI=1S/C50H34.C48H30.C38H24/c1-5-17-35(18-6-1)39-29-40(36-19-7-2-8-20-36)32-43(31-39)49-45-25-13-15-27-47(45)50(48-28-16-14-26-46(48)49)44-33-41(37-21-9-3-10-22-37)30-42(34-44)38-23-11-4-12-24-38;1-5-17-35-31(13-1)29-32-14-2-6-18-36(32)47(35)45-27-25-43(39-21-9-11-23-41(39)45)44-26-28-46(42-24-12-10-22-40(42)44)48-37-19-7-3-15-33(37)30-34-16-4-8-20-38(34)48;1-5-15-29-25(11-1)23-26-12-2-6-16-30(26)37(29)35-21-22-36(34-20-10-9-19-33(34)35)38-31-17-7-3-13-27(31)24-28-14-4-8-18-32(28)38/h1-34H;1-30H;1-24H. The van der Waals surface area contributed by atoms with Gasteiger partial charge in [-0.1, -0.05) is 473 Å². The van der Waals surface area contributed by atoms with Crippen LogP contribution >= 0.6 is 0 Å². The summed E-state index contributed by atoms with van der Waals surface area (Å²) >= 11 is 0. The van der Waals surface area contributed by atoms with Crippen LogP contribution in [0.5, 0.6) is 0 Å². The lowest BCUT2D eigenvalue weighted by molar-refractivity contribution is 1.57. The molecule has 0 atom stereocenters. The van der Waals surface area contributed by atoms with Gasteiger partial charge in [-0.05, 0) is 323 Å². The minimum absolute atomic E-state index is 1.21. The van der Waals surface area contributed by atoms with Gasteiger partial charge in [0.05, 0.1) is 0 Å². The highest BCUT2D eigenvalue weighted by Gasteiger charge is 2.25. The van der Waals surface area contributed by atoms with E-state index in [-0.39, 0.29) is 0 Å². The van der Waals surface area contributed by atoms with Crippen molar-refractivity contribution >= 4 is 140 Å². The first-order valence-electron chi connectivity index (χ1n) is 47.2. The van der Waals surface area contributed by atoms with E-state index in [1.54, 1.807) is 0 Å². The fourth-order valence-electron chi connectivity index (χ4n) is 21.9. The molecule has 0 aliphatic rings. The Labute approximate surface area is 790 Å². The van der Waals surface area contributed by atoms with Gasteiger partial charge in [0.25, 0.3) is 0 Å². The van der Waals surface area contributed by atoms with Crippen LogP contribution in [-0.2, 0) is 0 Å². The summed E-state index contributed by atoms with van der Waals surface area (Å²) in [6.07, 6.45) is 0. The summed E-state index contributed by atoms with van der Waals surface area (Å²) in [5.74, 6) is 0. The molecule has 0 unspecified atom stereocenters. The first kappa shape index (κ1) is 80.4. The molecule has 27 aromatic rings. The molecule has 0 spiro atoms. The van der Waals surface area contributed by atoms with Crippen molar-refractivity contribution in [1.29, 1.82) is 0 Å². The Hall–Kier alpha value is -17.7. The topological polar surface area (TPSA) is 0 Å². The van der Waals surface area contributed by atoms with E-state index in [9.17, 15) is 0 Å². The van der Waals surface area contributed by atoms with Crippen molar-refractivity contribution in [2.75, 3.05) is 0 Å². The Morgan fingerprint density at radius 3 is 0.404 bits per heavy atom. The summed E-state index contributed by atoms with van der Waals surface area (Å²) in [7, 11) is 0. The summed E-state index contributed by atoms with van der Waals surface area (Å²) in [6, 6.07) is 195. The summed E-state index contributed by atoms with van der Waals surface area (Å²) < 4.78 is 0. The van der Waals surface area contributed by atoms with E-state index in [1.807, 2.05) is 0 Å². The third-order valence-corrected chi connectivity index (χ3v) is 28.0. The van der Waals surface area contributed by atoms with Gasteiger partial charge in [-0.15, -0.1) is 0 Å². The molecule has 0 radical (unpaired) electrons. The van der Waals surface area contributed by atoms with E-state index < -0.39 is 0 Å². The van der Waals surface area contributed by atoms with Crippen LogP contribution in [-0.4, -0.2) is 0 Å². The van der Waals surface area contributed by atoms with E-state index >= 15 is 0 Å². The minimum Gasteiger partial charge on any atom is -0.0622 e. The van der Waals surface area contributed by atoms with Gasteiger partial charge >= 0.3 is 0 Å². The SMILES string of the molecule is c1ccc(-c2cc(-c3ccccc3)cc(-c3c4ccccc4c(-c4cc(-c5ccccc5)cc(-c5ccccc5)c4)c4ccccc34)c2)cc1.c1ccc2c(-c3ccc(-c4c5ccccc5cc5ccccc45)c4ccccc34)c3ccccc3cc2c1.c1ccc2c(-c3ccc(-c4ccc(-c5c6ccccc6cc6ccccc56)c5ccccc45)c4ccccc34)c3ccccc3cc2c1. The van der Waals surface area contributed by atoms with Crippen molar-refractivity contribution in [1.82, 2.24) is 0 Å². The third kappa shape index (κ3) is 14.4. The zero-order valence-electron chi connectivity index (χ0n) is 74.8. The Morgan fingerprint density at radius 2 is 0.213 bits per heavy atom. The molecule has 0 aliphatic carbocycles. The molecule has 0 saturated carbocycles. The lowest BCUT2D eigenvalue weighted by atomic mass is 9.83. The first-order chi connectivity index (χ1) is 67.5. The molecule has 632 valence electrons. The second kappa shape index (κ2) is 34.6. The van der Waals surface area contributed by atoms with Gasteiger partial charge in [0.15, 0.2) is 0 Å². The Kier molecular flexibility index (Phi) is 20.4. The minimum atomic E-state index is 1.21. The number of hydrogen-bond donors (Lipinski definition) is 0. The number of hydrogen-bond acceptors (Lipinski definition) is 0. The van der Waals surface area contributed by atoms with Gasteiger partial charge in [-0.25, -0.2) is 0 Å². The lowest BCUT2D eigenvalue weighted by Gasteiger charge is -2.20. The highest BCUT2D eigenvalue weighted by molar-refractivity contribution is 6.26. The van der Waals surface area contributed by atoms with Gasteiger partial charge in [0, 0.05) is 0 Å². The Morgan fingerprint density at radius 1 is 0.0735 bits per heavy atom. The van der Waals surface area contributed by atoms with Crippen molar-refractivity contribution in [3.8, 4) is 122 Å². The quantitative estimate of drug-likeness (QED) is 0.113. The second-order valence-corrected chi connectivity index (χ2v) is 35.8. The van der Waals surface area contributed by atoms with Crippen LogP contribution in [0.3, 0.4) is 0 Å². The van der Waals surface area contributed by atoms with E-state index in [0.717, 1.165) is 0 Å². The molecule has 0 fully saturated rings. The normalized spacial score (nSPS) is 11.5. The van der Waals surface area contributed by atoms with E-state index in [2.05, 4.69) is 534 Å². The number of rotatable bonds is 11. The Balaban J connectivity index is 0.000000110. The second-order valence-electron chi connectivity index (χ2n) is 35.8. The lowest BCUT2D eigenvalue weighted by Crippen LogP contribution is -1.93. The maximum Gasteiger partial charge on any atom is -0.00206 e. The van der Waals surface area contributed by atoms with Crippen molar-refractivity contribution < 1.29 is 0 Å². The molecule has 0 N–H and O–H groups in total. The highest BCUT2D eigenvalue weighted by Crippen LogP contribution is 2.52. The average molecular weight is 1720 g/mol. The average Bonchev–Trinajstić information content (AvgIpc) is 0.735. The van der Waals surface area contributed by atoms with Crippen molar-refractivity contribution in [2.24, 2.45) is 0 Å². The largest absolute Gasteiger partial charge is 0.0622 e. The smallest absolute Gasteiger partial charge is 0.00206 e.